The molecule has 0 aliphatic rings. The Balaban J connectivity index is 10.4. The van der Waals surface area contributed by atoms with Crippen LogP contribution in [0.15, 0.2) is 0 Å². The van der Waals surface area contributed by atoms with Crippen LogP contribution in [0.2, 0.25) is 0 Å². The highest BCUT2D eigenvalue weighted by atomic mass is 27.3. The molecular formula is C16AlF36-. The van der Waals surface area contributed by atoms with Crippen LogP contribution >= 0.6 is 0 Å². The van der Waals surface area contributed by atoms with E-state index in [4.69, 9.17) is 0 Å². The predicted octanol–water partition coefficient (Wildman–Crippen LogP) is 11.5. The summed E-state index contributed by atoms with van der Waals surface area (Å²) in [6, 6.07) is 0. The van der Waals surface area contributed by atoms with Gasteiger partial charge in [0, 0.05) is 0 Å². The van der Waals surface area contributed by atoms with E-state index >= 15 is 35.1 Å². The van der Waals surface area contributed by atoms with Gasteiger partial charge in [0.1, 0.15) is 0 Å². The number of hydrogen-bond acceptors (Lipinski definition) is 0. The highest BCUT2D eigenvalue weighted by molar-refractivity contribution is 6.89. The molecule has 0 saturated heterocycles. The molecule has 0 bridgehead atoms. The van der Waals surface area contributed by atoms with Crippen LogP contribution in [0.5, 0.6) is 0 Å². The minimum atomic E-state index is -15.8. The number of halogens is 36. The summed E-state index contributed by atoms with van der Waals surface area (Å²) in [5.74, 6) is -83.4. The first kappa shape index (κ1) is 51.0. The van der Waals surface area contributed by atoms with Crippen LogP contribution in [-0.2, 0) is 0 Å². The third-order valence-corrected chi connectivity index (χ3v) is 12.7. The summed E-state index contributed by atoms with van der Waals surface area (Å²) in [4.78, 5) is -46.5. The molecule has 0 N–H and O–H groups in total. The summed E-state index contributed by atoms with van der Waals surface area (Å²) in [5.41, 5.74) is 0. The van der Waals surface area contributed by atoms with E-state index < -0.39 is 104 Å². The smallest absolute Gasteiger partial charge is 0.253 e. The van der Waals surface area contributed by atoms with Crippen molar-refractivity contribution in [2.75, 3.05) is 0 Å². The second kappa shape index (κ2) is 12.0. The fraction of sp³-hybridized carbons (Fsp3) is 1.00. The Morgan fingerprint density at radius 1 is 0.151 bits per heavy atom. The van der Waals surface area contributed by atoms with Crippen LogP contribution in [0.3, 0.4) is 0 Å². The zero-order valence-corrected chi connectivity index (χ0v) is 23.3. The van der Waals surface area contributed by atoms with Crippen molar-refractivity contribution in [3.05, 3.63) is 0 Å². The third-order valence-electron chi connectivity index (χ3n) is 6.85. The predicted molar refractivity (Wildman–Crippen MR) is 89.3 cm³/mol. The van der Waals surface area contributed by atoms with Crippen molar-refractivity contribution in [3.8, 4) is 0 Å². The molecule has 0 aliphatic carbocycles. The van der Waals surface area contributed by atoms with Gasteiger partial charge in [0.05, 0.1) is 0 Å². The monoisotopic (exact) mass is 903 g/mol. The van der Waals surface area contributed by atoms with Crippen LogP contribution < -0.4 is 0 Å². The van der Waals surface area contributed by atoms with E-state index in [2.05, 4.69) is 0 Å². The standard InChI is InChI=1S/4C4F9.Al/c4*5-1(6)2(7,8)3(9,10)4(11,12)13;/q;;;;-1. The third kappa shape index (κ3) is 5.72. The maximum absolute atomic E-state index is 15.8. The molecule has 0 nitrogen and oxygen atoms in total. The van der Waals surface area contributed by atoms with Gasteiger partial charge in [-0.2, -0.15) is 123 Å². The molecule has 0 radical (unpaired) electrons. The van der Waals surface area contributed by atoms with Gasteiger partial charge >= 0.3 is 85.2 Å². The van der Waals surface area contributed by atoms with Crippen molar-refractivity contribution >= 4 is 13.1 Å². The molecule has 37 heteroatoms. The van der Waals surface area contributed by atoms with Gasteiger partial charge < -0.3 is 0 Å². The van der Waals surface area contributed by atoms with Crippen molar-refractivity contribution in [2.45, 2.75) is 91.2 Å². The lowest BCUT2D eigenvalue weighted by Crippen LogP contribution is -2.97. The van der Waals surface area contributed by atoms with Gasteiger partial charge in [-0.25, -0.2) is 0 Å². The second-order valence-corrected chi connectivity index (χ2v) is 14.6. The van der Waals surface area contributed by atoms with E-state index in [0.29, 0.717) is 0 Å². The Morgan fingerprint density at radius 2 is 0.245 bits per heavy atom. The molecule has 0 fully saturated rings. The highest BCUT2D eigenvalue weighted by Crippen LogP contribution is 2.74. The van der Waals surface area contributed by atoms with Gasteiger partial charge in [0.15, 0.2) is 19.1 Å². The zero-order chi connectivity index (χ0) is 44.5. The Hall–Kier alpha value is -1.99. The fourth-order valence-corrected chi connectivity index (χ4v) is 9.64. The lowest BCUT2D eigenvalue weighted by Gasteiger charge is -2.60. The number of hydrogen-bond donors (Lipinski definition) is 0. The maximum Gasteiger partial charge on any atom is 0.540 e. The highest BCUT2D eigenvalue weighted by Gasteiger charge is 3.09. The Morgan fingerprint density at radius 3 is 0.321 bits per heavy atom. The van der Waals surface area contributed by atoms with E-state index in [1.807, 2.05) is 0 Å². The Bertz CT molecular complexity index is 1120. The molecule has 0 aromatic heterocycles. The summed E-state index contributed by atoms with van der Waals surface area (Å²) in [5, 5.41) is 0. The van der Waals surface area contributed by atoms with E-state index in [0.717, 1.165) is 0 Å². The fourth-order valence-electron chi connectivity index (χ4n) is 4.00. The second-order valence-electron chi connectivity index (χ2n) is 9.94. The van der Waals surface area contributed by atoms with Crippen LogP contribution in [0, 0.1) is 0 Å². The van der Waals surface area contributed by atoms with E-state index in [9.17, 15) is 123 Å². The van der Waals surface area contributed by atoms with Crippen LogP contribution in [0.4, 0.5) is 158 Å². The van der Waals surface area contributed by atoms with Crippen LogP contribution in [0.1, 0.15) is 0 Å². The van der Waals surface area contributed by atoms with E-state index in [1.54, 1.807) is 0 Å². The molecule has 0 unspecified atom stereocenters. The number of alkyl halides is 36. The summed E-state index contributed by atoms with van der Waals surface area (Å²) < 4.78 is 491. The molecule has 0 aliphatic heterocycles. The van der Waals surface area contributed by atoms with Crippen molar-refractivity contribution in [3.63, 3.8) is 0 Å². The summed E-state index contributed by atoms with van der Waals surface area (Å²) in [7, 11) is 0. The topological polar surface area (TPSA) is 0 Å². The van der Waals surface area contributed by atoms with Gasteiger partial charge in [-0.15, -0.1) is 0 Å². The zero-order valence-electron chi connectivity index (χ0n) is 22.2. The normalized spacial score (nSPS) is 17.4. The van der Waals surface area contributed by atoms with Crippen molar-refractivity contribution in [1.29, 1.82) is 0 Å². The first-order valence-electron chi connectivity index (χ1n) is 11.0. The van der Waals surface area contributed by atoms with E-state index in [1.165, 1.54) is 0 Å². The molecule has 0 aromatic rings. The summed E-state index contributed by atoms with van der Waals surface area (Å²) in [6.07, 6.45) is -36.9. The van der Waals surface area contributed by atoms with Crippen molar-refractivity contribution in [2.24, 2.45) is 0 Å². The minimum absolute atomic E-state index is 9.24. The molecule has 320 valence electrons. The van der Waals surface area contributed by atoms with Gasteiger partial charge in [0.2, 0.25) is 0 Å². The first-order valence-corrected chi connectivity index (χ1v) is 13.3. The van der Waals surface area contributed by atoms with Crippen LogP contribution in [-0.4, -0.2) is 104 Å². The minimum Gasteiger partial charge on any atom is -0.253 e. The van der Waals surface area contributed by atoms with E-state index in [-0.39, 0.29) is 0 Å². The molecule has 0 rings (SSSR count). The van der Waals surface area contributed by atoms with Gasteiger partial charge in [-0.3, -0.25) is 35.1 Å². The lowest BCUT2D eigenvalue weighted by molar-refractivity contribution is -0.418. The molecule has 0 heterocycles. The molecule has 0 spiro atoms. The van der Waals surface area contributed by atoms with Crippen molar-refractivity contribution in [1.82, 2.24) is 0 Å². The Kier molecular flexibility index (Phi) is 11.6. The average Bonchev–Trinajstić information content (AvgIpc) is 2.84. The van der Waals surface area contributed by atoms with Gasteiger partial charge in [-0.1, -0.05) is 0 Å². The average molecular weight is 903 g/mol. The van der Waals surface area contributed by atoms with Crippen molar-refractivity contribution < 1.29 is 158 Å². The first-order chi connectivity index (χ1) is 22.0. The maximum atomic E-state index is 15.0. The summed E-state index contributed by atoms with van der Waals surface area (Å²) in [6.45, 7) is 0. The van der Waals surface area contributed by atoms with Gasteiger partial charge in [0.25, 0.3) is 0 Å². The molecule has 0 atom stereocenters. The quantitative estimate of drug-likeness (QED) is 0.135. The number of rotatable bonds is 12. The van der Waals surface area contributed by atoms with Crippen LogP contribution in [0.25, 0.3) is 0 Å². The Labute approximate surface area is 263 Å². The van der Waals surface area contributed by atoms with Gasteiger partial charge in [-0.05, 0) is 0 Å². The molecule has 0 aromatic carbocycles. The summed E-state index contributed by atoms with van der Waals surface area (Å²) >= 11 is -15.8. The lowest BCUT2D eigenvalue weighted by atomic mass is 10.1. The molecule has 53 heavy (non-hydrogen) atoms. The largest absolute Gasteiger partial charge is 0.540 e. The SMILES string of the molecule is FC(F)(F)C(F)(F)C(F)(F)[C](F)(F)[Al-]([C](F)(F)C(F)(F)C(F)(F)C(F)(F)F)([C](F)(F)C(F)(F)C(F)(F)C(F)(F)F)[C](F)(F)C(F)(F)C(F)(F)C(F)(F)F. The molecule has 0 amide bonds. The molecular weight excluding hydrogens is 903 g/mol. The molecule has 0 saturated carbocycles.